The summed E-state index contributed by atoms with van der Waals surface area (Å²) < 4.78 is 15.9. The summed E-state index contributed by atoms with van der Waals surface area (Å²) in [6.45, 7) is 0.0827. The predicted octanol–water partition coefficient (Wildman–Crippen LogP) is 5.21. The minimum atomic E-state index is 0.0827. The standard InChI is InChI=1S/C18H12Cl2N2O3S/c1-3-5-24-16-13(19)7-11(9-15(16)23-2)8-14(20)18-21-17(22-25-18)12-4-6-26-10-12/h1,4,6-10H,5H2,2H3. The highest BCUT2D eigenvalue weighted by Crippen LogP contribution is 2.37. The van der Waals surface area contributed by atoms with Gasteiger partial charge >= 0.3 is 0 Å². The van der Waals surface area contributed by atoms with Gasteiger partial charge in [0.1, 0.15) is 11.6 Å². The number of thiophene rings is 1. The number of rotatable bonds is 6. The zero-order valence-electron chi connectivity index (χ0n) is 13.5. The van der Waals surface area contributed by atoms with Gasteiger partial charge in [0.2, 0.25) is 5.82 Å². The molecule has 0 aliphatic carbocycles. The topological polar surface area (TPSA) is 57.4 Å². The van der Waals surface area contributed by atoms with Crippen molar-refractivity contribution < 1.29 is 14.0 Å². The molecule has 0 saturated carbocycles. The maximum Gasteiger partial charge on any atom is 0.269 e. The first-order chi connectivity index (χ1) is 12.6. The third-order valence-electron chi connectivity index (χ3n) is 3.25. The third kappa shape index (κ3) is 4.02. The quantitative estimate of drug-likeness (QED) is 0.525. The van der Waals surface area contributed by atoms with Crippen molar-refractivity contribution in [2.45, 2.75) is 0 Å². The second-order valence-corrected chi connectivity index (χ2v) is 6.55. The van der Waals surface area contributed by atoms with E-state index in [2.05, 4.69) is 16.1 Å². The van der Waals surface area contributed by atoms with Crippen LogP contribution < -0.4 is 9.47 Å². The summed E-state index contributed by atoms with van der Waals surface area (Å²) >= 11 is 14.1. The minimum absolute atomic E-state index is 0.0827. The second-order valence-electron chi connectivity index (χ2n) is 4.95. The van der Waals surface area contributed by atoms with E-state index in [1.54, 1.807) is 29.5 Å². The van der Waals surface area contributed by atoms with Gasteiger partial charge in [0.05, 0.1) is 12.1 Å². The molecule has 2 aromatic heterocycles. The molecule has 0 aliphatic rings. The van der Waals surface area contributed by atoms with E-state index in [4.69, 9.17) is 43.6 Å². The van der Waals surface area contributed by atoms with Crippen molar-refractivity contribution >= 4 is 45.6 Å². The van der Waals surface area contributed by atoms with Crippen LogP contribution in [0, 0.1) is 12.3 Å². The fourth-order valence-corrected chi connectivity index (χ4v) is 3.23. The fraction of sp³-hybridized carbons (Fsp3) is 0.111. The average Bonchev–Trinajstić information content (AvgIpc) is 3.31. The average molecular weight is 407 g/mol. The summed E-state index contributed by atoms with van der Waals surface area (Å²) in [5.41, 5.74) is 1.55. The van der Waals surface area contributed by atoms with Gasteiger partial charge in [-0.05, 0) is 35.2 Å². The lowest BCUT2D eigenvalue weighted by Gasteiger charge is -2.11. The largest absolute Gasteiger partial charge is 0.493 e. The SMILES string of the molecule is C#CCOc1c(Cl)cc(C=C(Cl)c2nc(-c3ccsc3)no2)cc1OC. The molecule has 0 fully saturated rings. The summed E-state index contributed by atoms with van der Waals surface area (Å²) in [5.74, 6) is 3.87. The number of terminal acetylenes is 1. The molecule has 1 aromatic carbocycles. The summed E-state index contributed by atoms with van der Waals surface area (Å²) in [4.78, 5) is 4.29. The van der Waals surface area contributed by atoms with Crippen molar-refractivity contribution in [3.63, 3.8) is 0 Å². The Bertz CT molecular complexity index is 975. The number of ether oxygens (including phenoxy) is 2. The van der Waals surface area contributed by atoms with Gasteiger partial charge in [-0.15, -0.1) is 6.42 Å². The van der Waals surface area contributed by atoms with Crippen LogP contribution in [-0.2, 0) is 0 Å². The summed E-state index contributed by atoms with van der Waals surface area (Å²) in [7, 11) is 1.51. The Morgan fingerprint density at radius 2 is 2.31 bits per heavy atom. The van der Waals surface area contributed by atoms with Crippen LogP contribution in [0.2, 0.25) is 5.02 Å². The van der Waals surface area contributed by atoms with Gasteiger partial charge in [0, 0.05) is 10.9 Å². The minimum Gasteiger partial charge on any atom is -0.493 e. The van der Waals surface area contributed by atoms with Gasteiger partial charge in [-0.3, -0.25) is 0 Å². The summed E-state index contributed by atoms with van der Waals surface area (Å²) in [6.07, 6.45) is 6.85. The van der Waals surface area contributed by atoms with Crippen molar-refractivity contribution in [1.82, 2.24) is 10.1 Å². The van der Waals surface area contributed by atoms with Gasteiger partial charge in [-0.1, -0.05) is 34.3 Å². The maximum absolute atomic E-state index is 6.31. The first-order valence-electron chi connectivity index (χ1n) is 7.30. The van der Waals surface area contributed by atoms with E-state index >= 15 is 0 Å². The third-order valence-corrected chi connectivity index (χ3v) is 4.49. The summed E-state index contributed by atoms with van der Waals surface area (Å²) in [5, 5.41) is 8.40. The lowest BCUT2D eigenvalue weighted by Crippen LogP contribution is -1.98. The van der Waals surface area contributed by atoms with Gasteiger partial charge in [-0.25, -0.2) is 0 Å². The first kappa shape index (κ1) is 18.3. The normalized spacial score (nSPS) is 11.2. The number of nitrogens with zero attached hydrogens (tertiary/aromatic N) is 2. The van der Waals surface area contributed by atoms with Crippen LogP contribution in [0.1, 0.15) is 11.5 Å². The zero-order chi connectivity index (χ0) is 18.5. The van der Waals surface area contributed by atoms with Crippen LogP contribution in [0.15, 0.2) is 33.5 Å². The number of halogens is 2. The summed E-state index contributed by atoms with van der Waals surface area (Å²) in [6, 6.07) is 5.29. The molecule has 0 spiro atoms. The van der Waals surface area contributed by atoms with Gasteiger partial charge in [0.25, 0.3) is 5.89 Å². The van der Waals surface area contributed by atoms with Crippen molar-refractivity contribution in [3.05, 3.63) is 45.4 Å². The van der Waals surface area contributed by atoms with Crippen LogP contribution in [0.3, 0.4) is 0 Å². The van der Waals surface area contributed by atoms with Gasteiger partial charge < -0.3 is 14.0 Å². The Labute approximate surface area is 164 Å². The highest BCUT2D eigenvalue weighted by Gasteiger charge is 2.14. The monoisotopic (exact) mass is 406 g/mol. The van der Waals surface area contributed by atoms with E-state index in [0.29, 0.717) is 27.9 Å². The predicted molar refractivity (Wildman–Crippen MR) is 104 cm³/mol. The first-order valence-corrected chi connectivity index (χ1v) is 9.00. The fourth-order valence-electron chi connectivity index (χ4n) is 2.11. The molecular formula is C18H12Cl2N2O3S. The molecule has 2 heterocycles. The van der Waals surface area contributed by atoms with Crippen molar-refractivity contribution in [1.29, 1.82) is 0 Å². The lowest BCUT2D eigenvalue weighted by atomic mass is 10.2. The van der Waals surface area contributed by atoms with E-state index < -0.39 is 0 Å². The molecule has 26 heavy (non-hydrogen) atoms. The molecule has 8 heteroatoms. The lowest BCUT2D eigenvalue weighted by molar-refractivity contribution is 0.331. The van der Waals surface area contributed by atoms with E-state index in [0.717, 1.165) is 5.56 Å². The Morgan fingerprint density at radius 3 is 3.00 bits per heavy atom. The van der Waals surface area contributed by atoms with Gasteiger partial charge in [0.15, 0.2) is 11.5 Å². The van der Waals surface area contributed by atoms with Crippen LogP contribution in [0.5, 0.6) is 11.5 Å². The van der Waals surface area contributed by atoms with Crippen LogP contribution in [0.25, 0.3) is 22.5 Å². The van der Waals surface area contributed by atoms with E-state index in [9.17, 15) is 0 Å². The maximum atomic E-state index is 6.31. The van der Waals surface area contributed by atoms with E-state index in [-0.39, 0.29) is 17.5 Å². The molecule has 3 aromatic rings. The molecule has 0 N–H and O–H groups in total. The van der Waals surface area contributed by atoms with Crippen molar-refractivity contribution in [2.24, 2.45) is 0 Å². The van der Waals surface area contributed by atoms with Crippen LogP contribution in [0.4, 0.5) is 0 Å². The molecule has 0 saturated heterocycles. The zero-order valence-corrected chi connectivity index (χ0v) is 15.9. The number of methoxy groups -OCH3 is 1. The molecule has 0 radical (unpaired) electrons. The highest BCUT2D eigenvalue weighted by molar-refractivity contribution is 7.08. The molecule has 0 atom stereocenters. The molecule has 0 aliphatic heterocycles. The second kappa shape index (κ2) is 8.28. The Hall–Kier alpha value is -2.46. The molecule has 3 rings (SSSR count). The number of benzene rings is 1. The van der Waals surface area contributed by atoms with Crippen molar-refractivity contribution in [2.75, 3.05) is 13.7 Å². The number of hydrogen-bond donors (Lipinski definition) is 0. The molecule has 0 bridgehead atoms. The highest BCUT2D eigenvalue weighted by atomic mass is 35.5. The van der Waals surface area contributed by atoms with Gasteiger partial charge in [-0.2, -0.15) is 16.3 Å². The van der Waals surface area contributed by atoms with Crippen LogP contribution >= 0.6 is 34.5 Å². The number of aromatic nitrogens is 2. The molecule has 0 unspecified atom stereocenters. The molecule has 5 nitrogen and oxygen atoms in total. The Balaban J connectivity index is 1.89. The molecule has 132 valence electrons. The van der Waals surface area contributed by atoms with E-state index in [1.165, 1.54) is 7.11 Å². The smallest absolute Gasteiger partial charge is 0.269 e. The van der Waals surface area contributed by atoms with Crippen molar-refractivity contribution in [3.8, 4) is 35.2 Å². The van der Waals surface area contributed by atoms with E-state index in [1.807, 2.05) is 16.8 Å². The molecule has 0 amide bonds. The Morgan fingerprint density at radius 1 is 1.46 bits per heavy atom. The van der Waals surface area contributed by atoms with Crippen LogP contribution in [-0.4, -0.2) is 23.9 Å². The number of hydrogen-bond acceptors (Lipinski definition) is 6. The molecular weight excluding hydrogens is 395 g/mol. The Kier molecular flexibility index (Phi) is 5.84.